The first-order chi connectivity index (χ1) is 14.0. The Morgan fingerprint density at radius 1 is 1.24 bits per heavy atom. The minimum absolute atomic E-state index is 0.192. The van der Waals surface area contributed by atoms with Crippen molar-refractivity contribution in [3.8, 4) is 0 Å². The summed E-state index contributed by atoms with van der Waals surface area (Å²) in [5, 5.41) is 10.3. The molecule has 29 heavy (non-hydrogen) atoms. The number of amides is 1. The van der Waals surface area contributed by atoms with Crippen molar-refractivity contribution in [2.24, 2.45) is 0 Å². The average molecular weight is 397 g/mol. The Labute approximate surface area is 171 Å². The van der Waals surface area contributed by atoms with Crippen molar-refractivity contribution >= 4 is 5.91 Å². The third-order valence-corrected chi connectivity index (χ3v) is 6.19. The molecule has 0 aliphatic carbocycles. The number of fused-ring (bicyclic) bond motifs is 1. The van der Waals surface area contributed by atoms with Crippen LogP contribution in [0, 0.1) is 12.7 Å². The first-order valence-corrected chi connectivity index (χ1v) is 10.4. The number of halogens is 1. The number of aryl methyl sites for hydroxylation is 1. The molecule has 2 aromatic rings. The second-order valence-corrected chi connectivity index (χ2v) is 8.18. The molecule has 5 heteroatoms. The molecule has 1 N–H and O–H groups in total. The van der Waals surface area contributed by atoms with Crippen LogP contribution >= 0.6 is 0 Å². The number of hydrogen-bond acceptors (Lipinski definition) is 3. The summed E-state index contributed by atoms with van der Waals surface area (Å²) >= 11 is 0. The van der Waals surface area contributed by atoms with E-state index in [0.717, 1.165) is 24.0 Å². The zero-order valence-electron chi connectivity index (χ0n) is 17.1. The molecule has 154 valence electrons. The van der Waals surface area contributed by atoms with Gasteiger partial charge in [-0.3, -0.25) is 4.79 Å². The first kappa shape index (κ1) is 20.0. The van der Waals surface area contributed by atoms with Gasteiger partial charge in [0.2, 0.25) is 0 Å². The van der Waals surface area contributed by atoms with Gasteiger partial charge in [-0.25, -0.2) is 4.39 Å². The molecule has 0 saturated carbocycles. The van der Waals surface area contributed by atoms with Gasteiger partial charge in [0.1, 0.15) is 5.82 Å². The third kappa shape index (κ3) is 3.81. The van der Waals surface area contributed by atoms with Crippen molar-refractivity contribution in [1.82, 2.24) is 4.90 Å². The van der Waals surface area contributed by atoms with E-state index < -0.39 is 12.1 Å². The number of aliphatic hydroxyl groups is 1. The van der Waals surface area contributed by atoms with E-state index in [4.69, 9.17) is 4.74 Å². The van der Waals surface area contributed by atoms with Crippen LogP contribution < -0.4 is 0 Å². The Bertz CT molecular complexity index is 909. The molecule has 0 aromatic heterocycles. The summed E-state index contributed by atoms with van der Waals surface area (Å²) in [6.45, 7) is 4.91. The molecule has 1 saturated heterocycles. The summed E-state index contributed by atoms with van der Waals surface area (Å²) in [5.41, 5.74) is 4.69. The fourth-order valence-electron chi connectivity index (χ4n) is 4.39. The average Bonchev–Trinajstić information content (AvgIpc) is 3.04. The number of hydrogen-bond donors (Lipinski definition) is 1. The molecule has 2 aliphatic rings. The van der Waals surface area contributed by atoms with Gasteiger partial charge in [-0.2, -0.15) is 0 Å². The molecule has 2 atom stereocenters. The van der Waals surface area contributed by atoms with Crippen LogP contribution in [0.1, 0.15) is 57.9 Å². The second kappa shape index (κ2) is 8.25. The van der Waals surface area contributed by atoms with Crippen LogP contribution in [-0.2, 0) is 24.1 Å². The van der Waals surface area contributed by atoms with E-state index in [9.17, 15) is 9.90 Å². The maximum absolute atomic E-state index is 15.2. The summed E-state index contributed by atoms with van der Waals surface area (Å²) < 4.78 is 20.6. The predicted molar refractivity (Wildman–Crippen MR) is 109 cm³/mol. The van der Waals surface area contributed by atoms with Crippen molar-refractivity contribution in [1.29, 1.82) is 0 Å². The van der Waals surface area contributed by atoms with Crippen molar-refractivity contribution in [2.45, 2.75) is 58.2 Å². The van der Waals surface area contributed by atoms with Gasteiger partial charge >= 0.3 is 0 Å². The van der Waals surface area contributed by atoms with Gasteiger partial charge in [-0.1, -0.05) is 37.6 Å². The number of carbonyl (C=O) groups is 1. The van der Waals surface area contributed by atoms with Crippen LogP contribution in [0.25, 0.3) is 0 Å². The van der Waals surface area contributed by atoms with E-state index in [1.165, 1.54) is 5.56 Å². The lowest BCUT2D eigenvalue weighted by Crippen LogP contribution is -2.49. The van der Waals surface area contributed by atoms with Crippen LogP contribution in [-0.4, -0.2) is 41.3 Å². The van der Waals surface area contributed by atoms with Crippen molar-refractivity contribution in [2.75, 3.05) is 13.2 Å². The number of aliphatic hydroxyl groups excluding tert-OH is 1. The fourth-order valence-corrected chi connectivity index (χ4v) is 4.39. The minimum atomic E-state index is -0.632. The normalized spacial score (nSPS) is 21.5. The summed E-state index contributed by atoms with van der Waals surface area (Å²) in [7, 11) is 0. The standard InChI is InChI=1S/C24H28FNO3/c1-3-4-16-5-7-17(8-6-16)11-18-12-19-20(23(25)15(18)2)13-26(24(19)28)21-14-29-10-9-22(21)27/h5-8,12,21-22,27H,3-4,9-11,13-14H2,1-2H3. The highest BCUT2D eigenvalue weighted by Crippen LogP contribution is 2.33. The zero-order chi connectivity index (χ0) is 20.5. The Morgan fingerprint density at radius 2 is 1.97 bits per heavy atom. The van der Waals surface area contributed by atoms with Crippen LogP contribution in [0.5, 0.6) is 0 Å². The minimum Gasteiger partial charge on any atom is -0.391 e. The largest absolute Gasteiger partial charge is 0.391 e. The highest BCUT2D eigenvalue weighted by Gasteiger charge is 2.39. The molecular formula is C24H28FNO3. The number of nitrogens with zero attached hydrogens (tertiary/aromatic N) is 1. The molecule has 4 nitrogen and oxygen atoms in total. The molecule has 0 radical (unpaired) electrons. The van der Waals surface area contributed by atoms with Gasteiger partial charge in [0.15, 0.2) is 0 Å². The number of carbonyl (C=O) groups excluding carboxylic acids is 1. The van der Waals surface area contributed by atoms with E-state index in [2.05, 4.69) is 31.2 Å². The van der Waals surface area contributed by atoms with Gasteiger partial charge in [0.05, 0.1) is 25.3 Å². The maximum atomic E-state index is 15.2. The van der Waals surface area contributed by atoms with E-state index in [-0.39, 0.29) is 18.3 Å². The lowest BCUT2D eigenvalue weighted by Gasteiger charge is -2.34. The van der Waals surface area contributed by atoms with Crippen LogP contribution in [0.15, 0.2) is 30.3 Å². The quantitative estimate of drug-likeness (QED) is 0.835. The summed E-state index contributed by atoms with van der Waals surface area (Å²) in [6.07, 6.45) is 2.60. The number of rotatable bonds is 5. The van der Waals surface area contributed by atoms with Gasteiger partial charge in [0, 0.05) is 17.7 Å². The Kier molecular flexibility index (Phi) is 5.70. The molecule has 1 amide bonds. The summed E-state index contributed by atoms with van der Waals surface area (Å²) in [5.74, 6) is -0.518. The van der Waals surface area contributed by atoms with Crippen molar-refractivity contribution in [3.05, 3.63) is 69.5 Å². The third-order valence-electron chi connectivity index (χ3n) is 6.19. The van der Waals surface area contributed by atoms with E-state index in [0.29, 0.717) is 42.7 Å². The zero-order valence-corrected chi connectivity index (χ0v) is 17.1. The molecule has 1 fully saturated rings. The van der Waals surface area contributed by atoms with Crippen LogP contribution in [0.2, 0.25) is 0 Å². The highest BCUT2D eigenvalue weighted by molar-refractivity contribution is 5.99. The van der Waals surface area contributed by atoms with E-state index >= 15 is 4.39 Å². The Morgan fingerprint density at radius 3 is 2.66 bits per heavy atom. The maximum Gasteiger partial charge on any atom is 0.255 e. The Balaban J connectivity index is 1.60. The van der Waals surface area contributed by atoms with Gasteiger partial charge in [0.25, 0.3) is 5.91 Å². The van der Waals surface area contributed by atoms with Gasteiger partial charge in [-0.15, -0.1) is 0 Å². The summed E-state index contributed by atoms with van der Waals surface area (Å²) in [4.78, 5) is 14.6. The fraction of sp³-hybridized carbons (Fsp3) is 0.458. The van der Waals surface area contributed by atoms with Crippen LogP contribution in [0.3, 0.4) is 0 Å². The van der Waals surface area contributed by atoms with E-state index in [1.54, 1.807) is 11.8 Å². The van der Waals surface area contributed by atoms with Crippen LogP contribution in [0.4, 0.5) is 4.39 Å². The molecule has 2 unspecified atom stereocenters. The highest BCUT2D eigenvalue weighted by atomic mass is 19.1. The van der Waals surface area contributed by atoms with Gasteiger partial charge < -0.3 is 14.7 Å². The van der Waals surface area contributed by atoms with Crippen molar-refractivity contribution < 1.29 is 19.0 Å². The number of benzene rings is 2. The molecule has 0 bridgehead atoms. The molecule has 0 spiro atoms. The molecule has 2 aliphatic heterocycles. The Hall–Kier alpha value is -2.24. The van der Waals surface area contributed by atoms with Gasteiger partial charge in [-0.05, 0) is 54.5 Å². The SMILES string of the molecule is CCCc1ccc(Cc2cc3c(c(F)c2C)CN(C2COCCC2O)C3=O)cc1. The number of ether oxygens (including phenoxy) is 1. The van der Waals surface area contributed by atoms with Crippen molar-refractivity contribution in [3.63, 3.8) is 0 Å². The monoisotopic (exact) mass is 397 g/mol. The first-order valence-electron chi connectivity index (χ1n) is 10.4. The lowest BCUT2D eigenvalue weighted by atomic mass is 9.94. The topological polar surface area (TPSA) is 49.8 Å². The van der Waals surface area contributed by atoms with E-state index in [1.807, 2.05) is 6.07 Å². The molecule has 2 heterocycles. The molecular weight excluding hydrogens is 369 g/mol. The molecule has 4 rings (SSSR count). The predicted octanol–water partition coefficient (Wildman–Crippen LogP) is 3.78. The smallest absolute Gasteiger partial charge is 0.255 e. The molecule has 2 aromatic carbocycles. The summed E-state index contributed by atoms with van der Waals surface area (Å²) in [6, 6.07) is 9.83. The second-order valence-electron chi connectivity index (χ2n) is 8.18. The lowest BCUT2D eigenvalue weighted by molar-refractivity contribution is -0.0529.